The van der Waals surface area contributed by atoms with E-state index >= 15 is 0 Å². The molecule has 1 atom stereocenters. The second-order valence-corrected chi connectivity index (χ2v) is 7.72. The van der Waals surface area contributed by atoms with Gasteiger partial charge in [0.25, 0.3) is 0 Å². The summed E-state index contributed by atoms with van der Waals surface area (Å²) in [4.78, 5) is 31.3. The van der Waals surface area contributed by atoms with Gasteiger partial charge in [-0.15, -0.1) is 0 Å². The monoisotopic (exact) mass is 366 g/mol. The lowest BCUT2D eigenvalue weighted by molar-refractivity contribution is -0.141. The van der Waals surface area contributed by atoms with E-state index in [0.29, 0.717) is 25.2 Å². The van der Waals surface area contributed by atoms with Crippen LogP contribution in [0.15, 0.2) is 0 Å². The molecule has 1 N–H and O–H groups in total. The van der Waals surface area contributed by atoms with Crippen LogP contribution < -0.4 is 5.32 Å². The molecule has 0 aromatic heterocycles. The van der Waals surface area contributed by atoms with Crippen LogP contribution in [0.3, 0.4) is 0 Å². The van der Waals surface area contributed by atoms with Crippen LogP contribution in [0.1, 0.15) is 39.0 Å². The maximum Gasteiger partial charge on any atom is 0.317 e. The number of urea groups is 1. The van der Waals surface area contributed by atoms with E-state index < -0.39 is 0 Å². The van der Waals surface area contributed by atoms with Crippen LogP contribution >= 0.6 is 0 Å². The third-order valence-corrected chi connectivity index (χ3v) is 5.92. The number of likely N-dealkylation sites (tertiary alicyclic amines) is 2. The van der Waals surface area contributed by atoms with Crippen LogP contribution in [-0.2, 0) is 9.53 Å². The molecule has 3 amide bonds. The van der Waals surface area contributed by atoms with Gasteiger partial charge in [-0.25, -0.2) is 4.79 Å². The molecular weight excluding hydrogens is 332 g/mol. The van der Waals surface area contributed by atoms with Crippen LogP contribution in [0, 0.1) is 5.92 Å². The Balaban J connectivity index is 1.46. The maximum absolute atomic E-state index is 12.8. The van der Waals surface area contributed by atoms with E-state index in [-0.39, 0.29) is 11.9 Å². The maximum atomic E-state index is 12.8. The third kappa shape index (κ3) is 4.88. The average Bonchev–Trinajstić information content (AvgIpc) is 2.72. The van der Waals surface area contributed by atoms with E-state index in [1.807, 2.05) is 9.80 Å². The molecule has 0 spiro atoms. The van der Waals surface area contributed by atoms with Crippen molar-refractivity contribution >= 4 is 11.9 Å². The fourth-order valence-electron chi connectivity index (χ4n) is 4.36. The molecule has 7 nitrogen and oxygen atoms in total. The first-order chi connectivity index (χ1) is 12.7. The first-order valence-corrected chi connectivity index (χ1v) is 10.3. The minimum Gasteiger partial charge on any atom is -0.378 e. The van der Waals surface area contributed by atoms with Crippen molar-refractivity contribution in [2.24, 2.45) is 5.92 Å². The molecule has 0 aromatic carbocycles. The zero-order chi connectivity index (χ0) is 18.4. The van der Waals surface area contributed by atoms with E-state index in [1.165, 1.54) is 0 Å². The molecule has 148 valence electrons. The van der Waals surface area contributed by atoms with Gasteiger partial charge >= 0.3 is 6.03 Å². The van der Waals surface area contributed by atoms with Gasteiger partial charge in [0.1, 0.15) is 0 Å². The van der Waals surface area contributed by atoms with Gasteiger partial charge in [0.15, 0.2) is 0 Å². The van der Waals surface area contributed by atoms with Crippen molar-refractivity contribution in [1.82, 2.24) is 20.0 Å². The molecule has 0 unspecified atom stereocenters. The van der Waals surface area contributed by atoms with Gasteiger partial charge in [-0.1, -0.05) is 6.92 Å². The van der Waals surface area contributed by atoms with Crippen molar-refractivity contribution in [3.8, 4) is 0 Å². The lowest BCUT2D eigenvalue weighted by Crippen LogP contribution is -2.53. The molecule has 3 aliphatic heterocycles. The molecule has 3 fully saturated rings. The number of hydrogen-bond acceptors (Lipinski definition) is 4. The van der Waals surface area contributed by atoms with Crippen molar-refractivity contribution in [2.45, 2.75) is 45.1 Å². The Morgan fingerprint density at radius 3 is 2.42 bits per heavy atom. The fourth-order valence-corrected chi connectivity index (χ4v) is 4.36. The number of carbonyl (C=O) groups is 2. The predicted molar refractivity (Wildman–Crippen MR) is 100.0 cm³/mol. The topological polar surface area (TPSA) is 65.1 Å². The Hall–Kier alpha value is -1.34. The molecule has 3 saturated heterocycles. The fraction of sp³-hybridized carbons (Fsp3) is 0.895. The van der Waals surface area contributed by atoms with Crippen molar-refractivity contribution < 1.29 is 14.3 Å². The highest BCUT2D eigenvalue weighted by atomic mass is 16.5. The van der Waals surface area contributed by atoms with Gasteiger partial charge in [0, 0.05) is 45.3 Å². The number of piperidine rings is 2. The molecule has 0 radical (unpaired) electrons. The number of amides is 3. The summed E-state index contributed by atoms with van der Waals surface area (Å²) in [5, 5.41) is 2.97. The van der Waals surface area contributed by atoms with Gasteiger partial charge in [-0.05, 0) is 38.6 Å². The Kier molecular flexibility index (Phi) is 7.14. The number of morpholine rings is 1. The SMILES string of the molecule is CCCNC(=O)N1CCC(N2CCC[C@H](C(=O)N3CCOCC3)C2)CC1. The van der Waals surface area contributed by atoms with Gasteiger partial charge in [-0.2, -0.15) is 0 Å². The number of nitrogens with one attached hydrogen (secondary N) is 1. The molecule has 0 aromatic rings. The lowest BCUT2D eigenvalue weighted by Gasteiger charge is -2.43. The highest BCUT2D eigenvalue weighted by Gasteiger charge is 2.34. The predicted octanol–water partition coefficient (Wildman–Crippen LogP) is 1.14. The first-order valence-electron chi connectivity index (χ1n) is 10.3. The van der Waals surface area contributed by atoms with Crippen LogP contribution in [0.4, 0.5) is 4.79 Å². The zero-order valence-electron chi connectivity index (χ0n) is 16.1. The Morgan fingerprint density at radius 2 is 1.73 bits per heavy atom. The number of ether oxygens (including phenoxy) is 1. The summed E-state index contributed by atoms with van der Waals surface area (Å²) < 4.78 is 5.37. The van der Waals surface area contributed by atoms with E-state index in [2.05, 4.69) is 17.1 Å². The van der Waals surface area contributed by atoms with Gasteiger partial charge < -0.3 is 19.9 Å². The minimum absolute atomic E-state index is 0.0734. The van der Waals surface area contributed by atoms with E-state index in [4.69, 9.17) is 4.74 Å². The summed E-state index contributed by atoms with van der Waals surface area (Å²) in [6.07, 6.45) is 5.09. The van der Waals surface area contributed by atoms with E-state index in [9.17, 15) is 9.59 Å². The van der Waals surface area contributed by atoms with Gasteiger partial charge in [0.05, 0.1) is 19.1 Å². The van der Waals surface area contributed by atoms with Crippen LogP contribution in [-0.4, -0.2) is 91.7 Å². The summed E-state index contributed by atoms with van der Waals surface area (Å²) in [5.41, 5.74) is 0. The van der Waals surface area contributed by atoms with Gasteiger partial charge in [-0.3, -0.25) is 9.69 Å². The third-order valence-electron chi connectivity index (χ3n) is 5.92. The first kappa shape index (κ1) is 19.4. The molecule has 0 saturated carbocycles. The standard InChI is InChI=1S/C19H34N4O3/c1-2-7-20-19(25)22-9-5-17(6-10-22)23-8-3-4-16(15-23)18(24)21-11-13-26-14-12-21/h16-17H,2-15H2,1H3,(H,20,25)/t16-/m0/s1. The number of rotatable bonds is 4. The van der Waals surface area contributed by atoms with Crippen LogP contribution in [0.5, 0.6) is 0 Å². The Bertz CT molecular complexity index is 473. The average molecular weight is 367 g/mol. The largest absolute Gasteiger partial charge is 0.378 e. The number of nitrogens with zero attached hydrogens (tertiary/aromatic N) is 3. The summed E-state index contributed by atoms with van der Waals surface area (Å²) in [6, 6.07) is 0.579. The van der Waals surface area contributed by atoms with Crippen molar-refractivity contribution in [3.63, 3.8) is 0 Å². The molecule has 3 rings (SSSR count). The van der Waals surface area contributed by atoms with Crippen molar-refractivity contribution in [2.75, 3.05) is 59.0 Å². The molecule has 0 aliphatic carbocycles. The second kappa shape index (κ2) is 9.55. The van der Waals surface area contributed by atoms with E-state index in [1.54, 1.807) is 0 Å². The Morgan fingerprint density at radius 1 is 1.00 bits per heavy atom. The van der Waals surface area contributed by atoms with E-state index in [0.717, 1.165) is 77.9 Å². The van der Waals surface area contributed by atoms with Crippen molar-refractivity contribution in [1.29, 1.82) is 0 Å². The molecule has 0 bridgehead atoms. The highest BCUT2D eigenvalue weighted by Crippen LogP contribution is 2.25. The molecule has 3 aliphatic rings. The Labute approximate surface area is 157 Å². The molecule has 3 heterocycles. The minimum atomic E-state index is 0.0734. The van der Waals surface area contributed by atoms with Crippen LogP contribution in [0.2, 0.25) is 0 Å². The summed E-state index contributed by atoms with van der Waals surface area (Å²) >= 11 is 0. The second-order valence-electron chi connectivity index (χ2n) is 7.72. The molecule has 26 heavy (non-hydrogen) atoms. The number of hydrogen-bond donors (Lipinski definition) is 1. The van der Waals surface area contributed by atoms with Crippen LogP contribution in [0.25, 0.3) is 0 Å². The zero-order valence-corrected chi connectivity index (χ0v) is 16.1. The molecular formula is C19H34N4O3. The summed E-state index contributed by atoms with van der Waals surface area (Å²) in [6.45, 7) is 9.22. The number of carbonyl (C=O) groups excluding carboxylic acids is 2. The molecule has 7 heteroatoms. The summed E-state index contributed by atoms with van der Waals surface area (Å²) in [5.74, 6) is 0.446. The lowest BCUT2D eigenvalue weighted by atomic mass is 9.92. The summed E-state index contributed by atoms with van der Waals surface area (Å²) in [7, 11) is 0. The highest BCUT2D eigenvalue weighted by molar-refractivity contribution is 5.79. The van der Waals surface area contributed by atoms with Gasteiger partial charge in [0.2, 0.25) is 5.91 Å². The van der Waals surface area contributed by atoms with Crippen molar-refractivity contribution in [3.05, 3.63) is 0 Å². The normalized spacial score (nSPS) is 26.0. The smallest absolute Gasteiger partial charge is 0.317 e. The quantitative estimate of drug-likeness (QED) is 0.810.